The molecule has 100 valence electrons. The lowest BCUT2D eigenvalue weighted by Crippen LogP contribution is -2.26. The Morgan fingerprint density at radius 2 is 1.21 bits per heavy atom. The lowest BCUT2D eigenvalue weighted by Gasteiger charge is -2.33. The minimum absolute atomic E-state index is 0.250. The average Bonchev–Trinajstić information content (AvgIpc) is 2.41. The smallest absolute Gasteiger partial charge is 0.123 e. The summed E-state index contributed by atoms with van der Waals surface area (Å²) < 4.78 is 27.0. The van der Waals surface area contributed by atoms with E-state index in [2.05, 4.69) is 13.8 Å². The van der Waals surface area contributed by atoms with Gasteiger partial charge in [-0.2, -0.15) is 0 Å². The Kier molecular flexibility index (Phi) is 3.98. The molecule has 0 saturated carbocycles. The molecule has 2 aromatic carbocycles. The zero-order chi connectivity index (χ0) is 13.9. The van der Waals surface area contributed by atoms with Gasteiger partial charge in [0.05, 0.1) is 0 Å². The second-order valence-corrected chi connectivity index (χ2v) is 4.81. The minimum atomic E-state index is -0.329. The van der Waals surface area contributed by atoms with Gasteiger partial charge in [-0.05, 0) is 48.2 Å². The summed E-state index contributed by atoms with van der Waals surface area (Å²) in [6.07, 6.45) is 1.60. The first-order chi connectivity index (χ1) is 9.12. The molecule has 19 heavy (non-hydrogen) atoms. The maximum atomic E-state index is 13.5. The van der Waals surface area contributed by atoms with Crippen molar-refractivity contribution in [3.8, 4) is 0 Å². The molecule has 0 atom stereocenters. The van der Waals surface area contributed by atoms with Crippen LogP contribution in [-0.4, -0.2) is 0 Å². The van der Waals surface area contributed by atoms with Crippen molar-refractivity contribution in [3.63, 3.8) is 0 Å². The summed E-state index contributed by atoms with van der Waals surface area (Å²) in [5, 5.41) is 0. The fraction of sp³-hybridized carbons (Fsp3) is 0.294. The molecule has 0 heterocycles. The molecule has 0 radical (unpaired) electrons. The molecule has 0 fully saturated rings. The molecule has 0 amide bonds. The van der Waals surface area contributed by atoms with Gasteiger partial charge in [0, 0.05) is 5.41 Å². The van der Waals surface area contributed by atoms with Gasteiger partial charge >= 0.3 is 0 Å². The molecule has 0 aliphatic heterocycles. The maximum Gasteiger partial charge on any atom is 0.123 e. The lowest BCUT2D eigenvalue weighted by molar-refractivity contribution is 0.470. The Labute approximate surface area is 113 Å². The predicted octanol–water partition coefficient (Wildman–Crippen LogP) is 5.07. The Morgan fingerprint density at radius 1 is 0.789 bits per heavy atom. The van der Waals surface area contributed by atoms with Crippen molar-refractivity contribution in [1.29, 1.82) is 0 Å². The number of benzene rings is 2. The van der Waals surface area contributed by atoms with E-state index in [0.717, 1.165) is 24.0 Å². The molecule has 0 aliphatic carbocycles. The van der Waals surface area contributed by atoms with E-state index in [4.69, 9.17) is 0 Å². The van der Waals surface area contributed by atoms with Crippen LogP contribution in [0.4, 0.5) is 8.78 Å². The summed E-state index contributed by atoms with van der Waals surface area (Å²) in [5.74, 6) is -0.500. The molecule has 0 unspecified atom stereocenters. The Bertz CT molecular complexity index is 509. The molecular formula is C17H18F2. The largest absolute Gasteiger partial charge is 0.207 e. The zero-order valence-corrected chi connectivity index (χ0v) is 11.3. The topological polar surface area (TPSA) is 0 Å². The molecule has 0 N–H and O–H groups in total. The molecule has 0 saturated heterocycles. The summed E-state index contributed by atoms with van der Waals surface area (Å²) in [7, 11) is 0. The van der Waals surface area contributed by atoms with Gasteiger partial charge in [0.15, 0.2) is 0 Å². The molecule has 0 aliphatic rings. The quantitative estimate of drug-likeness (QED) is 0.720. The van der Waals surface area contributed by atoms with E-state index in [0.29, 0.717) is 0 Å². The van der Waals surface area contributed by atoms with Crippen LogP contribution in [0.2, 0.25) is 0 Å². The molecule has 2 heteroatoms. The van der Waals surface area contributed by atoms with E-state index in [-0.39, 0.29) is 17.0 Å². The monoisotopic (exact) mass is 260 g/mol. The van der Waals surface area contributed by atoms with Gasteiger partial charge < -0.3 is 0 Å². The first-order valence-corrected chi connectivity index (χ1v) is 6.64. The van der Waals surface area contributed by atoms with Crippen LogP contribution in [0, 0.1) is 11.6 Å². The van der Waals surface area contributed by atoms with Crippen molar-refractivity contribution in [2.24, 2.45) is 0 Å². The average molecular weight is 260 g/mol. The highest BCUT2D eigenvalue weighted by molar-refractivity contribution is 5.39. The Morgan fingerprint density at radius 3 is 1.53 bits per heavy atom. The molecule has 0 bridgehead atoms. The van der Waals surface area contributed by atoms with Crippen LogP contribution < -0.4 is 0 Å². The second kappa shape index (κ2) is 5.52. The van der Waals surface area contributed by atoms with E-state index < -0.39 is 0 Å². The third kappa shape index (κ3) is 2.53. The number of halogens is 2. The third-order valence-electron chi connectivity index (χ3n) is 3.96. The van der Waals surface area contributed by atoms with Crippen molar-refractivity contribution in [2.45, 2.75) is 32.1 Å². The summed E-state index contributed by atoms with van der Waals surface area (Å²) in [6, 6.07) is 13.2. The second-order valence-electron chi connectivity index (χ2n) is 4.81. The summed E-state index contributed by atoms with van der Waals surface area (Å²) >= 11 is 0. The van der Waals surface area contributed by atoms with Crippen LogP contribution in [0.3, 0.4) is 0 Å². The highest BCUT2D eigenvalue weighted by Crippen LogP contribution is 2.39. The molecule has 2 aromatic rings. The van der Waals surface area contributed by atoms with Gasteiger partial charge in [-0.3, -0.25) is 0 Å². The SMILES string of the molecule is CCC(CC)(c1cccc(F)c1)c1cccc(F)c1. The molecule has 2 rings (SSSR count). The number of rotatable bonds is 4. The number of hydrogen-bond donors (Lipinski definition) is 0. The van der Waals surface area contributed by atoms with E-state index in [1.807, 2.05) is 12.1 Å². The van der Waals surface area contributed by atoms with Crippen LogP contribution >= 0.6 is 0 Å². The maximum absolute atomic E-state index is 13.5. The molecule has 0 aromatic heterocycles. The fourth-order valence-electron chi connectivity index (χ4n) is 2.81. The van der Waals surface area contributed by atoms with E-state index >= 15 is 0 Å². The normalized spacial score (nSPS) is 11.6. The van der Waals surface area contributed by atoms with Crippen LogP contribution in [-0.2, 0) is 5.41 Å². The van der Waals surface area contributed by atoms with E-state index in [1.165, 1.54) is 12.1 Å². The summed E-state index contributed by atoms with van der Waals surface area (Å²) in [6.45, 7) is 4.11. The van der Waals surface area contributed by atoms with Crippen molar-refractivity contribution in [2.75, 3.05) is 0 Å². The highest BCUT2D eigenvalue weighted by Gasteiger charge is 2.31. The Balaban J connectivity index is 2.60. The van der Waals surface area contributed by atoms with Crippen LogP contribution in [0.1, 0.15) is 37.8 Å². The predicted molar refractivity (Wildman–Crippen MR) is 74.2 cm³/mol. The fourth-order valence-corrected chi connectivity index (χ4v) is 2.81. The van der Waals surface area contributed by atoms with Crippen molar-refractivity contribution >= 4 is 0 Å². The highest BCUT2D eigenvalue weighted by atomic mass is 19.1. The van der Waals surface area contributed by atoms with E-state index in [1.54, 1.807) is 24.3 Å². The number of hydrogen-bond acceptors (Lipinski definition) is 0. The van der Waals surface area contributed by atoms with Crippen molar-refractivity contribution in [1.82, 2.24) is 0 Å². The van der Waals surface area contributed by atoms with Gasteiger partial charge in [0.1, 0.15) is 11.6 Å². The molecule has 0 spiro atoms. The first kappa shape index (κ1) is 13.7. The third-order valence-corrected chi connectivity index (χ3v) is 3.96. The van der Waals surface area contributed by atoms with Crippen molar-refractivity contribution < 1.29 is 8.78 Å². The van der Waals surface area contributed by atoms with Gasteiger partial charge in [-0.1, -0.05) is 38.1 Å². The van der Waals surface area contributed by atoms with Gasteiger partial charge in [0.2, 0.25) is 0 Å². The summed E-state index contributed by atoms with van der Waals surface area (Å²) in [4.78, 5) is 0. The van der Waals surface area contributed by atoms with Crippen LogP contribution in [0.5, 0.6) is 0 Å². The Hall–Kier alpha value is -1.70. The molecular weight excluding hydrogens is 242 g/mol. The lowest BCUT2D eigenvalue weighted by atomic mass is 9.70. The summed E-state index contributed by atoms with van der Waals surface area (Å²) in [5.41, 5.74) is 1.48. The van der Waals surface area contributed by atoms with E-state index in [9.17, 15) is 8.78 Å². The van der Waals surface area contributed by atoms with Crippen molar-refractivity contribution in [3.05, 3.63) is 71.3 Å². The zero-order valence-electron chi connectivity index (χ0n) is 11.3. The van der Waals surface area contributed by atoms with Gasteiger partial charge in [-0.25, -0.2) is 8.78 Å². The van der Waals surface area contributed by atoms with Gasteiger partial charge in [-0.15, -0.1) is 0 Å². The van der Waals surface area contributed by atoms with Gasteiger partial charge in [0.25, 0.3) is 0 Å². The van der Waals surface area contributed by atoms with Crippen LogP contribution in [0.25, 0.3) is 0 Å². The van der Waals surface area contributed by atoms with Crippen LogP contribution in [0.15, 0.2) is 48.5 Å². The first-order valence-electron chi connectivity index (χ1n) is 6.64. The minimum Gasteiger partial charge on any atom is -0.207 e. The standard InChI is InChI=1S/C17H18F2/c1-3-17(4-2,13-7-5-9-15(18)11-13)14-8-6-10-16(19)12-14/h5-12H,3-4H2,1-2H3. The molecule has 0 nitrogen and oxygen atoms in total.